The van der Waals surface area contributed by atoms with E-state index in [1.165, 1.54) is 6.20 Å². The van der Waals surface area contributed by atoms with Gasteiger partial charge in [0.1, 0.15) is 5.75 Å². The van der Waals surface area contributed by atoms with Crippen molar-refractivity contribution in [2.24, 2.45) is 10.9 Å². The first-order valence-electron chi connectivity index (χ1n) is 5.07. The summed E-state index contributed by atoms with van der Waals surface area (Å²) < 4.78 is 5.49. The second kappa shape index (κ2) is 5.37. The zero-order chi connectivity index (χ0) is 13.0. The van der Waals surface area contributed by atoms with Gasteiger partial charge in [-0.05, 0) is 18.2 Å². The van der Waals surface area contributed by atoms with Crippen molar-refractivity contribution in [2.75, 3.05) is 0 Å². The van der Waals surface area contributed by atoms with Gasteiger partial charge in [-0.3, -0.25) is 0 Å². The van der Waals surface area contributed by atoms with E-state index in [-0.39, 0.29) is 5.84 Å². The highest BCUT2D eigenvalue weighted by Gasteiger charge is 2.04. The van der Waals surface area contributed by atoms with Gasteiger partial charge in [0.05, 0.1) is 5.02 Å². The van der Waals surface area contributed by atoms with Gasteiger partial charge in [-0.1, -0.05) is 28.9 Å². The van der Waals surface area contributed by atoms with E-state index in [1.807, 2.05) is 12.1 Å². The van der Waals surface area contributed by atoms with Crippen molar-refractivity contribution >= 4 is 17.4 Å². The zero-order valence-corrected chi connectivity index (χ0v) is 10.0. The molecular weight excluding hydrogens is 254 g/mol. The first-order chi connectivity index (χ1) is 8.70. The van der Waals surface area contributed by atoms with E-state index in [1.54, 1.807) is 24.3 Å². The summed E-state index contributed by atoms with van der Waals surface area (Å²) in [6.07, 6.45) is 1.45. The highest BCUT2D eigenvalue weighted by Crippen LogP contribution is 2.27. The number of benzene rings is 1. The number of hydrogen-bond donors (Lipinski definition) is 2. The van der Waals surface area contributed by atoms with Crippen LogP contribution in [-0.4, -0.2) is 16.0 Å². The highest BCUT2D eigenvalue weighted by atomic mass is 35.5. The molecule has 6 heteroatoms. The van der Waals surface area contributed by atoms with Crippen molar-refractivity contribution in [1.82, 2.24) is 4.98 Å². The number of aromatic nitrogens is 1. The standard InChI is InChI=1S/C12H10ClN3O2/c13-9-3-1-2-4-10(9)18-11-6-5-8(7-15-11)12(14)16-17/h1-7,17H,(H2,14,16). The van der Waals surface area contributed by atoms with Crippen molar-refractivity contribution < 1.29 is 9.94 Å². The predicted octanol–water partition coefficient (Wildman–Crippen LogP) is 2.62. The molecule has 0 amide bonds. The number of para-hydroxylation sites is 1. The third-order valence-corrected chi connectivity index (χ3v) is 2.50. The summed E-state index contributed by atoms with van der Waals surface area (Å²) in [4.78, 5) is 4.03. The molecule has 2 rings (SSSR count). The van der Waals surface area contributed by atoms with Crippen LogP contribution in [0.4, 0.5) is 0 Å². The number of halogens is 1. The maximum absolute atomic E-state index is 8.52. The normalized spacial score (nSPS) is 11.3. The minimum Gasteiger partial charge on any atom is -0.437 e. The van der Waals surface area contributed by atoms with Gasteiger partial charge in [-0.15, -0.1) is 0 Å². The number of ether oxygens (including phenoxy) is 1. The molecule has 0 aliphatic rings. The van der Waals surface area contributed by atoms with Crippen molar-refractivity contribution in [1.29, 1.82) is 0 Å². The molecule has 0 saturated carbocycles. The summed E-state index contributed by atoms with van der Waals surface area (Å²) >= 11 is 5.95. The molecule has 1 heterocycles. The summed E-state index contributed by atoms with van der Waals surface area (Å²) in [6, 6.07) is 10.3. The summed E-state index contributed by atoms with van der Waals surface area (Å²) in [7, 11) is 0. The van der Waals surface area contributed by atoms with E-state index in [4.69, 9.17) is 27.3 Å². The van der Waals surface area contributed by atoms with Crippen molar-refractivity contribution in [3.63, 3.8) is 0 Å². The SMILES string of the molecule is N/C(=N\O)c1ccc(Oc2ccccc2Cl)nc1. The molecule has 0 aliphatic carbocycles. The first-order valence-corrected chi connectivity index (χ1v) is 5.45. The molecule has 1 aromatic carbocycles. The van der Waals surface area contributed by atoms with E-state index < -0.39 is 0 Å². The van der Waals surface area contributed by atoms with E-state index in [9.17, 15) is 0 Å². The summed E-state index contributed by atoms with van der Waals surface area (Å²) in [5, 5.41) is 11.9. The molecule has 0 radical (unpaired) electrons. The zero-order valence-electron chi connectivity index (χ0n) is 9.25. The molecule has 5 nitrogen and oxygen atoms in total. The summed E-state index contributed by atoms with van der Waals surface area (Å²) in [5.41, 5.74) is 5.92. The Bertz CT molecular complexity index is 570. The van der Waals surface area contributed by atoms with Gasteiger partial charge in [0.15, 0.2) is 5.84 Å². The number of oxime groups is 1. The molecule has 0 atom stereocenters. The van der Waals surface area contributed by atoms with Crippen LogP contribution >= 0.6 is 11.6 Å². The minimum atomic E-state index is -0.00760. The van der Waals surface area contributed by atoms with Crippen LogP contribution in [0.3, 0.4) is 0 Å². The van der Waals surface area contributed by atoms with Gasteiger partial charge < -0.3 is 15.7 Å². The smallest absolute Gasteiger partial charge is 0.219 e. The lowest BCUT2D eigenvalue weighted by Crippen LogP contribution is -2.13. The van der Waals surface area contributed by atoms with Gasteiger partial charge in [-0.2, -0.15) is 0 Å². The molecule has 0 bridgehead atoms. The van der Waals surface area contributed by atoms with Gasteiger partial charge in [0.2, 0.25) is 5.88 Å². The van der Waals surface area contributed by atoms with Crippen molar-refractivity contribution in [2.45, 2.75) is 0 Å². The third-order valence-electron chi connectivity index (χ3n) is 2.19. The van der Waals surface area contributed by atoms with Crippen LogP contribution in [0.1, 0.15) is 5.56 Å². The predicted molar refractivity (Wildman–Crippen MR) is 68.3 cm³/mol. The Morgan fingerprint density at radius 2 is 2.06 bits per heavy atom. The molecule has 0 saturated heterocycles. The van der Waals surface area contributed by atoms with E-state index >= 15 is 0 Å². The van der Waals surface area contributed by atoms with E-state index in [0.29, 0.717) is 22.2 Å². The number of nitrogens with zero attached hydrogens (tertiary/aromatic N) is 2. The summed E-state index contributed by atoms with van der Waals surface area (Å²) in [6.45, 7) is 0. The van der Waals surface area contributed by atoms with Crippen LogP contribution in [0.15, 0.2) is 47.8 Å². The van der Waals surface area contributed by atoms with Gasteiger partial charge in [-0.25, -0.2) is 4.98 Å². The third kappa shape index (κ3) is 2.70. The molecule has 0 aliphatic heterocycles. The largest absolute Gasteiger partial charge is 0.437 e. The Kier molecular flexibility index (Phi) is 3.64. The fraction of sp³-hybridized carbons (Fsp3) is 0. The number of rotatable bonds is 3. The van der Waals surface area contributed by atoms with Gasteiger partial charge in [0.25, 0.3) is 0 Å². The number of hydrogen-bond acceptors (Lipinski definition) is 4. The Morgan fingerprint density at radius 3 is 2.67 bits per heavy atom. The lowest BCUT2D eigenvalue weighted by molar-refractivity contribution is 0.318. The second-order valence-corrected chi connectivity index (χ2v) is 3.81. The molecular formula is C12H10ClN3O2. The van der Waals surface area contributed by atoms with Crippen LogP contribution in [0.5, 0.6) is 11.6 Å². The van der Waals surface area contributed by atoms with Crippen LogP contribution < -0.4 is 10.5 Å². The molecule has 92 valence electrons. The molecule has 0 unspecified atom stereocenters. The average Bonchev–Trinajstić information content (AvgIpc) is 2.41. The molecule has 0 fully saturated rings. The highest BCUT2D eigenvalue weighted by molar-refractivity contribution is 6.32. The van der Waals surface area contributed by atoms with Crippen LogP contribution in [-0.2, 0) is 0 Å². The fourth-order valence-electron chi connectivity index (χ4n) is 1.29. The molecule has 0 spiro atoms. The Labute approximate surface area is 108 Å². The Hall–Kier alpha value is -2.27. The van der Waals surface area contributed by atoms with E-state index in [0.717, 1.165) is 0 Å². The molecule has 18 heavy (non-hydrogen) atoms. The maximum Gasteiger partial charge on any atom is 0.219 e. The Morgan fingerprint density at radius 1 is 1.28 bits per heavy atom. The second-order valence-electron chi connectivity index (χ2n) is 3.40. The van der Waals surface area contributed by atoms with Crippen LogP contribution in [0.2, 0.25) is 5.02 Å². The quantitative estimate of drug-likeness (QED) is 0.386. The van der Waals surface area contributed by atoms with Crippen LogP contribution in [0, 0.1) is 0 Å². The number of amidine groups is 1. The lowest BCUT2D eigenvalue weighted by atomic mass is 10.3. The average molecular weight is 264 g/mol. The minimum absolute atomic E-state index is 0.00760. The lowest BCUT2D eigenvalue weighted by Gasteiger charge is -2.06. The van der Waals surface area contributed by atoms with Crippen LogP contribution in [0.25, 0.3) is 0 Å². The molecule has 2 aromatic rings. The Balaban J connectivity index is 2.19. The molecule has 3 N–H and O–H groups in total. The monoisotopic (exact) mass is 263 g/mol. The first kappa shape index (κ1) is 12.2. The van der Waals surface area contributed by atoms with Gasteiger partial charge in [0, 0.05) is 17.8 Å². The van der Waals surface area contributed by atoms with Gasteiger partial charge >= 0.3 is 0 Å². The summed E-state index contributed by atoms with van der Waals surface area (Å²) in [5.74, 6) is 0.882. The van der Waals surface area contributed by atoms with Crippen molar-refractivity contribution in [3.05, 3.63) is 53.2 Å². The van der Waals surface area contributed by atoms with Crippen molar-refractivity contribution in [3.8, 4) is 11.6 Å². The van der Waals surface area contributed by atoms with E-state index in [2.05, 4.69) is 10.1 Å². The topological polar surface area (TPSA) is 80.7 Å². The maximum atomic E-state index is 8.52. The number of pyridine rings is 1. The fourth-order valence-corrected chi connectivity index (χ4v) is 1.46. The molecule has 1 aromatic heterocycles. The number of nitrogens with two attached hydrogens (primary N) is 1.